The first-order chi connectivity index (χ1) is 15.4. The number of hydrogen-bond acceptors (Lipinski definition) is 5. The van der Waals surface area contributed by atoms with Crippen molar-refractivity contribution < 1.29 is 4.79 Å². The van der Waals surface area contributed by atoms with Crippen molar-refractivity contribution in [1.82, 2.24) is 20.1 Å². The van der Waals surface area contributed by atoms with Crippen molar-refractivity contribution >= 4 is 11.7 Å². The molecule has 32 heavy (non-hydrogen) atoms. The summed E-state index contributed by atoms with van der Waals surface area (Å²) in [6.07, 6.45) is 6.19. The van der Waals surface area contributed by atoms with Gasteiger partial charge < -0.3 is 16.0 Å². The molecule has 0 unspecified atom stereocenters. The molecule has 3 heterocycles. The quantitative estimate of drug-likeness (QED) is 0.598. The second-order valence-electron chi connectivity index (χ2n) is 8.64. The van der Waals surface area contributed by atoms with Gasteiger partial charge in [0.05, 0.1) is 17.8 Å². The van der Waals surface area contributed by atoms with Gasteiger partial charge in [-0.2, -0.15) is 5.10 Å². The Kier molecular flexibility index (Phi) is 6.55. The molecule has 7 heteroatoms. The van der Waals surface area contributed by atoms with Gasteiger partial charge in [-0.15, -0.1) is 0 Å². The summed E-state index contributed by atoms with van der Waals surface area (Å²) in [5.74, 6) is 0.922. The molecule has 3 N–H and O–H groups in total. The van der Waals surface area contributed by atoms with Crippen LogP contribution in [-0.4, -0.2) is 33.8 Å². The Balaban J connectivity index is 1.40. The highest BCUT2D eigenvalue weighted by atomic mass is 16.1. The molecule has 1 aliphatic heterocycles. The van der Waals surface area contributed by atoms with Crippen LogP contribution in [0.2, 0.25) is 0 Å². The van der Waals surface area contributed by atoms with E-state index in [4.69, 9.17) is 5.73 Å². The standard InChI is InChI=1S/C25H32N6O/c1-17-10-21(12-26)11-18(2)22(17)14-28-25(32)23-16-31(29-19(23)3)15-20-6-7-24(27-13-20)30-8-4-5-9-30/h6-7,10-11,13,16H,4-5,8-9,12,14-15,26H2,1-3H3,(H,28,32). The number of amides is 1. The average Bonchev–Trinajstić information content (AvgIpc) is 3.43. The molecule has 1 fully saturated rings. The second-order valence-corrected chi connectivity index (χ2v) is 8.64. The maximum absolute atomic E-state index is 12.8. The van der Waals surface area contributed by atoms with Gasteiger partial charge in [0.25, 0.3) is 5.91 Å². The minimum atomic E-state index is -0.113. The van der Waals surface area contributed by atoms with E-state index >= 15 is 0 Å². The van der Waals surface area contributed by atoms with Crippen LogP contribution in [0, 0.1) is 20.8 Å². The Labute approximate surface area is 189 Å². The number of aromatic nitrogens is 3. The fourth-order valence-electron chi connectivity index (χ4n) is 4.40. The summed E-state index contributed by atoms with van der Waals surface area (Å²) in [6, 6.07) is 8.33. The Hall–Kier alpha value is -3.19. The van der Waals surface area contributed by atoms with Crippen LogP contribution in [0.5, 0.6) is 0 Å². The number of benzene rings is 1. The number of hydrogen-bond donors (Lipinski definition) is 2. The molecular weight excluding hydrogens is 400 g/mol. The van der Waals surface area contributed by atoms with Crippen molar-refractivity contribution in [2.75, 3.05) is 18.0 Å². The number of carbonyl (C=O) groups is 1. The van der Waals surface area contributed by atoms with Gasteiger partial charge in [0, 0.05) is 38.6 Å². The number of pyridine rings is 1. The third-order valence-electron chi connectivity index (χ3n) is 6.19. The lowest BCUT2D eigenvalue weighted by Crippen LogP contribution is -2.24. The Morgan fingerprint density at radius 2 is 1.81 bits per heavy atom. The highest BCUT2D eigenvalue weighted by Gasteiger charge is 2.16. The van der Waals surface area contributed by atoms with Gasteiger partial charge in [-0.3, -0.25) is 9.48 Å². The maximum Gasteiger partial charge on any atom is 0.255 e. The number of rotatable bonds is 7. The molecule has 1 amide bonds. The summed E-state index contributed by atoms with van der Waals surface area (Å²) >= 11 is 0. The number of aryl methyl sites for hydroxylation is 3. The second kappa shape index (κ2) is 9.53. The zero-order valence-electron chi connectivity index (χ0n) is 19.2. The van der Waals surface area contributed by atoms with Crippen molar-refractivity contribution in [2.24, 2.45) is 5.73 Å². The zero-order chi connectivity index (χ0) is 22.7. The molecule has 1 aliphatic rings. The number of anilines is 1. The van der Waals surface area contributed by atoms with Gasteiger partial charge in [0.15, 0.2) is 0 Å². The third-order valence-corrected chi connectivity index (χ3v) is 6.19. The van der Waals surface area contributed by atoms with Crippen LogP contribution in [0.3, 0.4) is 0 Å². The molecule has 0 aliphatic carbocycles. The van der Waals surface area contributed by atoms with Gasteiger partial charge in [-0.1, -0.05) is 18.2 Å². The van der Waals surface area contributed by atoms with Crippen LogP contribution < -0.4 is 16.0 Å². The summed E-state index contributed by atoms with van der Waals surface area (Å²) in [5.41, 5.74) is 12.7. The van der Waals surface area contributed by atoms with Crippen LogP contribution >= 0.6 is 0 Å². The van der Waals surface area contributed by atoms with Crippen molar-refractivity contribution in [1.29, 1.82) is 0 Å². The summed E-state index contributed by atoms with van der Waals surface area (Å²) < 4.78 is 1.81. The van der Waals surface area contributed by atoms with Gasteiger partial charge in [0.1, 0.15) is 5.82 Å². The van der Waals surface area contributed by atoms with Gasteiger partial charge in [-0.25, -0.2) is 4.98 Å². The average molecular weight is 433 g/mol. The minimum Gasteiger partial charge on any atom is -0.357 e. The predicted molar refractivity (Wildman–Crippen MR) is 127 cm³/mol. The number of nitrogens with two attached hydrogens (primary N) is 1. The van der Waals surface area contributed by atoms with E-state index in [2.05, 4.69) is 58.4 Å². The van der Waals surface area contributed by atoms with Gasteiger partial charge in [-0.05, 0) is 67.5 Å². The molecule has 0 bridgehead atoms. The number of nitrogens with one attached hydrogen (secondary N) is 1. The molecule has 0 atom stereocenters. The van der Waals surface area contributed by atoms with Crippen molar-refractivity contribution in [3.8, 4) is 0 Å². The molecule has 1 saturated heterocycles. The lowest BCUT2D eigenvalue weighted by molar-refractivity contribution is 0.0950. The van der Waals surface area contributed by atoms with Gasteiger partial charge >= 0.3 is 0 Å². The lowest BCUT2D eigenvalue weighted by atomic mass is 9.99. The van der Waals surface area contributed by atoms with Crippen LogP contribution in [0.15, 0.2) is 36.7 Å². The molecule has 2 aromatic heterocycles. The fourth-order valence-corrected chi connectivity index (χ4v) is 4.40. The molecular formula is C25H32N6O. The van der Waals surface area contributed by atoms with Gasteiger partial charge in [0.2, 0.25) is 0 Å². The van der Waals surface area contributed by atoms with Crippen molar-refractivity contribution in [3.05, 3.63) is 75.7 Å². The van der Waals surface area contributed by atoms with Crippen LogP contribution in [0.4, 0.5) is 5.82 Å². The Morgan fingerprint density at radius 3 is 2.44 bits per heavy atom. The maximum atomic E-state index is 12.8. The van der Waals surface area contributed by atoms with E-state index < -0.39 is 0 Å². The van der Waals surface area contributed by atoms with Crippen LogP contribution in [-0.2, 0) is 19.6 Å². The van der Waals surface area contributed by atoms with Crippen molar-refractivity contribution in [2.45, 2.75) is 53.2 Å². The van der Waals surface area contributed by atoms with E-state index in [-0.39, 0.29) is 5.91 Å². The number of nitrogens with zero attached hydrogens (tertiary/aromatic N) is 4. The fraction of sp³-hybridized carbons (Fsp3) is 0.400. The SMILES string of the molecule is Cc1cc(CN)cc(C)c1CNC(=O)c1cn(Cc2ccc(N3CCCC3)nc2)nc1C. The van der Waals surface area contributed by atoms with E-state index in [0.29, 0.717) is 25.2 Å². The monoisotopic (exact) mass is 432 g/mol. The molecule has 0 radical (unpaired) electrons. The summed E-state index contributed by atoms with van der Waals surface area (Å²) in [6.45, 7) is 9.72. The molecule has 7 nitrogen and oxygen atoms in total. The van der Waals surface area contributed by atoms with Crippen LogP contribution in [0.1, 0.15) is 56.7 Å². The molecule has 1 aromatic carbocycles. The smallest absolute Gasteiger partial charge is 0.255 e. The Bertz CT molecular complexity index is 1070. The largest absolute Gasteiger partial charge is 0.357 e. The predicted octanol–water partition coefficient (Wildman–Crippen LogP) is 3.24. The van der Waals surface area contributed by atoms with E-state index in [1.54, 1.807) is 0 Å². The zero-order valence-corrected chi connectivity index (χ0v) is 19.2. The normalized spacial score (nSPS) is 13.6. The van der Waals surface area contributed by atoms with E-state index in [1.165, 1.54) is 12.8 Å². The molecule has 4 rings (SSSR count). The first-order valence-electron chi connectivity index (χ1n) is 11.3. The first-order valence-corrected chi connectivity index (χ1v) is 11.3. The van der Waals surface area contributed by atoms with E-state index in [0.717, 1.165) is 52.4 Å². The molecule has 0 spiro atoms. The molecule has 168 valence electrons. The molecule has 0 saturated carbocycles. The van der Waals surface area contributed by atoms with E-state index in [9.17, 15) is 4.79 Å². The summed E-state index contributed by atoms with van der Waals surface area (Å²) in [5, 5.41) is 7.59. The summed E-state index contributed by atoms with van der Waals surface area (Å²) in [7, 11) is 0. The topological polar surface area (TPSA) is 89.1 Å². The third kappa shape index (κ3) is 4.83. The Morgan fingerprint density at radius 1 is 1.09 bits per heavy atom. The number of carbonyl (C=O) groups excluding carboxylic acids is 1. The van der Waals surface area contributed by atoms with Crippen molar-refractivity contribution in [3.63, 3.8) is 0 Å². The highest BCUT2D eigenvalue weighted by molar-refractivity contribution is 5.95. The highest BCUT2D eigenvalue weighted by Crippen LogP contribution is 2.19. The molecule has 3 aromatic rings. The summed E-state index contributed by atoms with van der Waals surface area (Å²) in [4.78, 5) is 19.8. The first kappa shape index (κ1) is 22.0. The minimum absolute atomic E-state index is 0.113. The van der Waals surface area contributed by atoms with Crippen LogP contribution in [0.25, 0.3) is 0 Å². The lowest BCUT2D eigenvalue weighted by Gasteiger charge is -2.16. The van der Waals surface area contributed by atoms with E-state index in [1.807, 2.05) is 24.0 Å².